The van der Waals surface area contributed by atoms with Crippen molar-refractivity contribution in [1.82, 2.24) is 15.0 Å². The third kappa shape index (κ3) is 3.39. The zero-order valence-corrected chi connectivity index (χ0v) is 15.5. The largest absolute Gasteiger partial charge is 0.456 e. The Kier molecular flexibility index (Phi) is 5.01. The van der Waals surface area contributed by atoms with Crippen LogP contribution in [0.4, 0.5) is 0 Å². The summed E-state index contributed by atoms with van der Waals surface area (Å²) in [7, 11) is 0. The molecule has 27 heavy (non-hydrogen) atoms. The van der Waals surface area contributed by atoms with Crippen LogP contribution in [0.15, 0.2) is 36.9 Å². The zero-order valence-electron chi connectivity index (χ0n) is 14.8. The first-order valence-corrected chi connectivity index (χ1v) is 9.08. The van der Waals surface area contributed by atoms with E-state index in [2.05, 4.69) is 21.5 Å². The van der Waals surface area contributed by atoms with Crippen molar-refractivity contribution in [2.45, 2.75) is 31.3 Å². The van der Waals surface area contributed by atoms with Gasteiger partial charge in [0.25, 0.3) is 6.01 Å². The summed E-state index contributed by atoms with van der Waals surface area (Å²) >= 11 is 6.41. The van der Waals surface area contributed by atoms with Gasteiger partial charge in [-0.15, -0.1) is 0 Å². The molecule has 7 nitrogen and oxygen atoms in total. The minimum absolute atomic E-state index is 0.249. The molecule has 0 aromatic carbocycles. The Labute approximate surface area is 161 Å². The molecular formula is C19H20ClN3O4. The molecule has 2 N–H and O–H groups in total. The van der Waals surface area contributed by atoms with Gasteiger partial charge < -0.3 is 24.3 Å². The predicted octanol–water partition coefficient (Wildman–Crippen LogP) is 2.66. The number of halogens is 1. The van der Waals surface area contributed by atoms with Crippen LogP contribution in [-0.2, 0) is 9.47 Å². The second-order valence-electron chi connectivity index (χ2n) is 6.41. The topological polar surface area (TPSA) is 89.5 Å². The van der Waals surface area contributed by atoms with Gasteiger partial charge in [-0.3, -0.25) is 0 Å². The number of aromatic amines is 1. The Morgan fingerprint density at radius 1 is 1.37 bits per heavy atom. The van der Waals surface area contributed by atoms with Crippen LogP contribution < -0.4 is 4.74 Å². The lowest BCUT2D eigenvalue weighted by Crippen LogP contribution is -2.34. The van der Waals surface area contributed by atoms with Crippen molar-refractivity contribution in [1.29, 1.82) is 0 Å². The van der Waals surface area contributed by atoms with E-state index in [9.17, 15) is 5.11 Å². The van der Waals surface area contributed by atoms with Crippen LogP contribution in [0.2, 0.25) is 5.02 Å². The summed E-state index contributed by atoms with van der Waals surface area (Å²) in [5.74, 6) is 0. The Balaban J connectivity index is 1.61. The third-order valence-corrected chi connectivity index (χ3v) is 4.85. The summed E-state index contributed by atoms with van der Waals surface area (Å²) in [5.41, 5.74) is 2.61. The van der Waals surface area contributed by atoms with E-state index < -0.39 is 6.10 Å². The average molecular weight is 390 g/mol. The summed E-state index contributed by atoms with van der Waals surface area (Å²) < 4.78 is 17.0. The maximum atomic E-state index is 9.83. The molecule has 1 unspecified atom stereocenters. The van der Waals surface area contributed by atoms with Gasteiger partial charge in [0.1, 0.15) is 18.3 Å². The van der Waals surface area contributed by atoms with Crippen molar-refractivity contribution in [3.8, 4) is 6.01 Å². The van der Waals surface area contributed by atoms with Crippen LogP contribution in [-0.4, -0.2) is 57.7 Å². The first kappa shape index (κ1) is 18.2. The Morgan fingerprint density at radius 3 is 2.96 bits per heavy atom. The fourth-order valence-corrected chi connectivity index (χ4v) is 3.62. The maximum absolute atomic E-state index is 9.83. The Hall–Kier alpha value is -2.19. The monoisotopic (exact) mass is 389 g/mol. The molecule has 2 aromatic rings. The minimum Gasteiger partial charge on any atom is -0.456 e. The highest BCUT2D eigenvalue weighted by Gasteiger charge is 2.48. The van der Waals surface area contributed by atoms with E-state index in [1.165, 1.54) is 0 Å². The molecule has 2 fully saturated rings. The number of aromatic nitrogens is 3. The number of hydrogen-bond donors (Lipinski definition) is 2. The first-order chi connectivity index (χ1) is 13.1. The highest BCUT2D eigenvalue weighted by Crippen LogP contribution is 2.31. The molecule has 2 aromatic heterocycles. The number of aliphatic hydroxyl groups is 1. The van der Waals surface area contributed by atoms with E-state index in [-0.39, 0.29) is 24.9 Å². The molecule has 142 valence electrons. The summed E-state index contributed by atoms with van der Waals surface area (Å²) in [5, 5.41) is 10.3. The van der Waals surface area contributed by atoms with Gasteiger partial charge >= 0.3 is 0 Å². The smallest absolute Gasteiger partial charge is 0.296 e. The lowest BCUT2D eigenvalue weighted by atomic mass is 10.1. The lowest BCUT2D eigenvalue weighted by Gasteiger charge is -2.15. The van der Waals surface area contributed by atoms with E-state index >= 15 is 0 Å². The van der Waals surface area contributed by atoms with Gasteiger partial charge in [0, 0.05) is 5.57 Å². The van der Waals surface area contributed by atoms with Crippen molar-refractivity contribution >= 4 is 28.3 Å². The normalized spacial score (nSPS) is 28.2. The number of pyridine rings is 1. The zero-order chi connectivity index (χ0) is 19.0. The van der Waals surface area contributed by atoms with Crippen LogP contribution >= 0.6 is 11.6 Å². The van der Waals surface area contributed by atoms with E-state index in [0.717, 1.165) is 5.57 Å². The van der Waals surface area contributed by atoms with Crippen LogP contribution in [0, 0.1) is 0 Å². The van der Waals surface area contributed by atoms with Crippen molar-refractivity contribution < 1.29 is 19.3 Å². The molecule has 4 atom stereocenters. The van der Waals surface area contributed by atoms with Crippen LogP contribution in [0.1, 0.15) is 12.6 Å². The van der Waals surface area contributed by atoms with Gasteiger partial charge in [0.05, 0.1) is 29.4 Å². The van der Waals surface area contributed by atoms with Gasteiger partial charge in [-0.2, -0.15) is 4.98 Å². The number of fused-ring (bicyclic) bond motifs is 2. The molecule has 0 bridgehead atoms. The van der Waals surface area contributed by atoms with Crippen molar-refractivity contribution in [2.75, 3.05) is 13.2 Å². The van der Waals surface area contributed by atoms with Gasteiger partial charge in [-0.05, 0) is 13.0 Å². The standard InChI is InChI=1S/C19H20ClN3O4/c1-3-5-10(6-4-2)15-11(20)7-12-18(22-15)23-19(21-12)27-14-9-26-16-13(24)8-25-17(14)16/h3-7,13-14,16-17,24H,1,8-9H2,2H3,(H,21,22,23)/b6-4-,10-5+/t13-,14-,16?,17-/m1/s1. The average Bonchev–Trinajstić information content (AvgIpc) is 3.31. The summed E-state index contributed by atoms with van der Waals surface area (Å²) in [6, 6.07) is 2.08. The summed E-state index contributed by atoms with van der Waals surface area (Å²) in [4.78, 5) is 12.1. The van der Waals surface area contributed by atoms with Crippen molar-refractivity contribution in [2.24, 2.45) is 0 Å². The number of aliphatic hydroxyl groups excluding tert-OH is 1. The fourth-order valence-electron chi connectivity index (χ4n) is 3.36. The Morgan fingerprint density at radius 2 is 2.19 bits per heavy atom. The van der Waals surface area contributed by atoms with E-state index in [1.54, 1.807) is 12.1 Å². The number of ether oxygens (including phenoxy) is 3. The molecule has 2 aliphatic rings. The van der Waals surface area contributed by atoms with Gasteiger partial charge in [-0.25, -0.2) is 4.98 Å². The summed E-state index contributed by atoms with van der Waals surface area (Å²) in [6.45, 7) is 6.23. The van der Waals surface area contributed by atoms with E-state index in [0.29, 0.717) is 34.5 Å². The van der Waals surface area contributed by atoms with Crippen molar-refractivity contribution in [3.05, 3.63) is 47.7 Å². The first-order valence-electron chi connectivity index (χ1n) is 8.70. The second-order valence-corrected chi connectivity index (χ2v) is 6.82. The second kappa shape index (κ2) is 7.44. The molecule has 0 amide bonds. The number of imidazole rings is 1. The molecule has 2 aliphatic heterocycles. The van der Waals surface area contributed by atoms with Crippen LogP contribution in [0.5, 0.6) is 6.01 Å². The third-order valence-electron chi connectivity index (χ3n) is 4.57. The quantitative estimate of drug-likeness (QED) is 0.764. The highest BCUT2D eigenvalue weighted by atomic mass is 35.5. The number of nitrogens with zero attached hydrogens (tertiary/aromatic N) is 2. The molecule has 0 radical (unpaired) electrons. The molecule has 0 aliphatic carbocycles. The molecular weight excluding hydrogens is 370 g/mol. The number of nitrogens with one attached hydrogen (secondary N) is 1. The number of rotatable bonds is 5. The fraction of sp³-hybridized carbons (Fsp3) is 0.368. The lowest BCUT2D eigenvalue weighted by molar-refractivity contribution is 0.00706. The number of hydrogen-bond acceptors (Lipinski definition) is 6. The predicted molar refractivity (Wildman–Crippen MR) is 102 cm³/mol. The minimum atomic E-state index is -0.621. The molecule has 2 saturated heterocycles. The van der Waals surface area contributed by atoms with E-state index in [1.807, 2.05) is 25.2 Å². The van der Waals surface area contributed by atoms with Gasteiger partial charge in [0.2, 0.25) is 0 Å². The summed E-state index contributed by atoms with van der Waals surface area (Å²) in [6.07, 6.45) is 5.70. The van der Waals surface area contributed by atoms with E-state index in [4.69, 9.17) is 25.8 Å². The van der Waals surface area contributed by atoms with Gasteiger partial charge in [0.15, 0.2) is 11.8 Å². The molecule has 0 saturated carbocycles. The molecule has 8 heteroatoms. The van der Waals surface area contributed by atoms with Crippen molar-refractivity contribution in [3.63, 3.8) is 0 Å². The van der Waals surface area contributed by atoms with Crippen LogP contribution in [0.3, 0.4) is 0 Å². The number of H-pyrrole nitrogens is 1. The van der Waals surface area contributed by atoms with Crippen LogP contribution in [0.25, 0.3) is 16.7 Å². The Bertz CT molecular complexity index is 923. The number of allylic oxidation sites excluding steroid dienone is 5. The maximum Gasteiger partial charge on any atom is 0.296 e. The molecule has 4 rings (SSSR count). The molecule has 0 spiro atoms. The molecule has 4 heterocycles. The van der Waals surface area contributed by atoms with Gasteiger partial charge in [-0.1, -0.05) is 42.5 Å². The SMILES string of the molecule is C=C/C=C(\C=C/C)c1nc2nc(O[C@@H]3COC4[C@H](O)CO[C@@H]43)[nH]c2cc1Cl. The highest BCUT2D eigenvalue weighted by molar-refractivity contribution is 6.32.